The number of rotatable bonds is 7. The molecule has 4 heteroatoms. The molecule has 1 unspecified atom stereocenters. The second-order valence-electron chi connectivity index (χ2n) is 4.05. The van der Waals surface area contributed by atoms with Gasteiger partial charge < -0.3 is 16.2 Å². The smallest absolute Gasteiger partial charge is 0.237 e. The highest BCUT2D eigenvalue weighted by Gasteiger charge is 2.18. The summed E-state index contributed by atoms with van der Waals surface area (Å²) in [5.74, 6) is 0.0775. The number of nitrogens with two attached hydrogens (primary N) is 1. The van der Waals surface area contributed by atoms with Gasteiger partial charge in [-0.25, -0.2) is 0 Å². The number of hydrogen-bond acceptors (Lipinski definition) is 3. The molecule has 3 atom stereocenters. The minimum absolute atomic E-state index is 0.118. The van der Waals surface area contributed by atoms with Crippen molar-refractivity contribution in [3.63, 3.8) is 0 Å². The molecule has 0 radical (unpaired) electrons. The van der Waals surface area contributed by atoms with Gasteiger partial charge >= 0.3 is 0 Å². The topological polar surface area (TPSA) is 75.3 Å². The Labute approximate surface area is 92.2 Å². The average molecular weight is 216 g/mol. The second-order valence-corrected chi connectivity index (χ2v) is 4.05. The molecule has 4 N–H and O–H groups in total. The fraction of sp³-hybridized carbons (Fsp3) is 0.909. The zero-order chi connectivity index (χ0) is 11.8. The number of nitrogens with one attached hydrogen (secondary N) is 1. The number of carbonyl (C=O) groups is 1. The first-order valence-electron chi connectivity index (χ1n) is 5.74. The molecule has 4 nitrogen and oxygen atoms in total. The Morgan fingerprint density at radius 2 is 2.00 bits per heavy atom. The molecule has 0 aromatic rings. The van der Waals surface area contributed by atoms with Crippen LogP contribution in [0.3, 0.4) is 0 Å². The summed E-state index contributed by atoms with van der Waals surface area (Å²) in [6.45, 7) is 6.39. The third kappa shape index (κ3) is 5.74. The van der Waals surface area contributed by atoms with Crippen LogP contribution < -0.4 is 11.1 Å². The van der Waals surface area contributed by atoms with Crippen LogP contribution in [0.1, 0.15) is 40.0 Å². The zero-order valence-electron chi connectivity index (χ0n) is 9.99. The van der Waals surface area contributed by atoms with Crippen LogP contribution in [0, 0.1) is 5.92 Å². The van der Waals surface area contributed by atoms with Crippen molar-refractivity contribution < 1.29 is 9.90 Å². The van der Waals surface area contributed by atoms with Crippen LogP contribution in [-0.4, -0.2) is 29.7 Å². The van der Waals surface area contributed by atoms with E-state index < -0.39 is 6.04 Å². The highest BCUT2D eigenvalue weighted by Crippen LogP contribution is 2.05. The highest BCUT2D eigenvalue weighted by molar-refractivity contribution is 5.81. The molecule has 0 saturated carbocycles. The first-order valence-corrected chi connectivity index (χ1v) is 5.74. The van der Waals surface area contributed by atoms with E-state index in [1.165, 1.54) is 0 Å². The van der Waals surface area contributed by atoms with E-state index in [0.717, 1.165) is 6.42 Å². The lowest BCUT2D eigenvalue weighted by Crippen LogP contribution is -2.45. The molecule has 0 saturated heterocycles. The summed E-state index contributed by atoms with van der Waals surface area (Å²) >= 11 is 0. The molecule has 0 bridgehead atoms. The van der Waals surface area contributed by atoms with Gasteiger partial charge in [0.15, 0.2) is 0 Å². The van der Waals surface area contributed by atoms with Crippen molar-refractivity contribution in [1.29, 1.82) is 0 Å². The largest absolute Gasteiger partial charge is 0.393 e. The third-order valence-corrected chi connectivity index (χ3v) is 2.81. The molecular formula is C11H24N2O2. The van der Waals surface area contributed by atoms with E-state index in [4.69, 9.17) is 5.73 Å². The first-order chi connectivity index (χ1) is 7.02. The first kappa shape index (κ1) is 14.4. The van der Waals surface area contributed by atoms with Crippen LogP contribution in [0.15, 0.2) is 0 Å². The van der Waals surface area contributed by atoms with Crippen LogP contribution in [0.25, 0.3) is 0 Å². The molecule has 0 aromatic heterocycles. The number of carbonyl (C=O) groups excluding carboxylic acids is 1. The molecular weight excluding hydrogens is 192 g/mol. The molecule has 15 heavy (non-hydrogen) atoms. The van der Waals surface area contributed by atoms with E-state index in [-0.39, 0.29) is 17.9 Å². The van der Waals surface area contributed by atoms with Gasteiger partial charge in [0.05, 0.1) is 12.1 Å². The Balaban J connectivity index is 3.74. The van der Waals surface area contributed by atoms with Gasteiger partial charge in [0.2, 0.25) is 5.91 Å². The Morgan fingerprint density at radius 3 is 2.47 bits per heavy atom. The predicted molar refractivity (Wildman–Crippen MR) is 61.4 cm³/mol. The van der Waals surface area contributed by atoms with Gasteiger partial charge in [0, 0.05) is 6.54 Å². The Morgan fingerprint density at radius 1 is 1.40 bits per heavy atom. The molecule has 1 amide bonds. The van der Waals surface area contributed by atoms with Crippen LogP contribution in [0.2, 0.25) is 0 Å². The minimum Gasteiger partial charge on any atom is -0.393 e. The van der Waals surface area contributed by atoms with Crippen molar-refractivity contribution in [2.24, 2.45) is 11.7 Å². The molecule has 0 heterocycles. The second kappa shape index (κ2) is 7.65. The van der Waals surface area contributed by atoms with Crippen molar-refractivity contribution in [3.05, 3.63) is 0 Å². The van der Waals surface area contributed by atoms with Gasteiger partial charge in [-0.1, -0.05) is 27.2 Å². The van der Waals surface area contributed by atoms with Gasteiger partial charge in [-0.15, -0.1) is 0 Å². The SMILES string of the molecule is CCC(O)CCNC(=O)[C@@H](N)[C@@H](C)CC. The van der Waals surface area contributed by atoms with Crippen LogP contribution in [0.5, 0.6) is 0 Å². The van der Waals surface area contributed by atoms with Crippen molar-refractivity contribution in [2.75, 3.05) is 6.54 Å². The van der Waals surface area contributed by atoms with E-state index in [2.05, 4.69) is 5.32 Å². The van der Waals surface area contributed by atoms with E-state index in [0.29, 0.717) is 19.4 Å². The lowest BCUT2D eigenvalue weighted by molar-refractivity contribution is -0.123. The molecule has 0 spiro atoms. The summed E-state index contributed by atoms with van der Waals surface area (Å²) in [6.07, 6.45) is 1.87. The standard InChI is InChI=1S/C11H24N2O2/c1-4-8(3)10(12)11(15)13-7-6-9(14)5-2/h8-10,14H,4-7,12H2,1-3H3,(H,13,15)/t8-,9?,10-/m0/s1. The molecule has 90 valence electrons. The van der Waals surface area contributed by atoms with E-state index >= 15 is 0 Å². The van der Waals surface area contributed by atoms with Gasteiger partial charge in [-0.3, -0.25) is 4.79 Å². The Hall–Kier alpha value is -0.610. The molecule has 0 fully saturated rings. The van der Waals surface area contributed by atoms with Crippen LogP contribution in [-0.2, 0) is 4.79 Å². The molecule has 0 rings (SSSR count). The maximum Gasteiger partial charge on any atom is 0.237 e. The zero-order valence-corrected chi connectivity index (χ0v) is 9.99. The number of aliphatic hydroxyl groups excluding tert-OH is 1. The number of hydrogen-bond donors (Lipinski definition) is 3. The molecule has 0 aliphatic carbocycles. The average Bonchev–Trinajstić information content (AvgIpc) is 2.26. The van der Waals surface area contributed by atoms with Crippen LogP contribution >= 0.6 is 0 Å². The van der Waals surface area contributed by atoms with Gasteiger partial charge in [-0.2, -0.15) is 0 Å². The molecule has 0 aliphatic heterocycles. The lowest BCUT2D eigenvalue weighted by Gasteiger charge is -2.18. The maximum absolute atomic E-state index is 11.5. The van der Waals surface area contributed by atoms with Crippen LogP contribution in [0.4, 0.5) is 0 Å². The van der Waals surface area contributed by atoms with Crippen molar-refractivity contribution >= 4 is 5.91 Å². The van der Waals surface area contributed by atoms with E-state index in [1.807, 2.05) is 20.8 Å². The van der Waals surface area contributed by atoms with Gasteiger partial charge in [-0.05, 0) is 18.8 Å². The number of aliphatic hydroxyl groups is 1. The number of amides is 1. The monoisotopic (exact) mass is 216 g/mol. The quantitative estimate of drug-likeness (QED) is 0.584. The summed E-state index contributed by atoms with van der Waals surface area (Å²) in [4.78, 5) is 11.5. The summed E-state index contributed by atoms with van der Waals surface area (Å²) < 4.78 is 0. The van der Waals surface area contributed by atoms with Crippen molar-refractivity contribution in [3.8, 4) is 0 Å². The predicted octanol–water partition coefficient (Wildman–Crippen LogP) is 0.637. The Kier molecular flexibility index (Phi) is 7.34. The summed E-state index contributed by atoms with van der Waals surface area (Å²) in [7, 11) is 0. The Bertz CT molecular complexity index is 185. The lowest BCUT2D eigenvalue weighted by atomic mass is 9.99. The van der Waals surface area contributed by atoms with Gasteiger partial charge in [0.1, 0.15) is 0 Å². The van der Waals surface area contributed by atoms with Crippen molar-refractivity contribution in [2.45, 2.75) is 52.2 Å². The third-order valence-electron chi connectivity index (χ3n) is 2.81. The summed E-state index contributed by atoms with van der Waals surface area (Å²) in [5, 5.41) is 12.0. The summed E-state index contributed by atoms with van der Waals surface area (Å²) in [5.41, 5.74) is 5.75. The minimum atomic E-state index is -0.436. The fourth-order valence-electron chi connectivity index (χ4n) is 1.20. The van der Waals surface area contributed by atoms with Crippen molar-refractivity contribution in [1.82, 2.24) is 5.32 Å². The van der Waals surface area contributed by atoms with E-state index in [9.17, 15) is 9.90 Å². The highest BCUT2D eigenvalue weighted by atomic mass is 16.3. The molecule has 0 aromatic carbocycles. The molecule has 0 aliphatic rings. The fourth-order valence-corrected chi connectivity index (χ4v) is 1.20. The summed E-state index contributed by atoms with van der Waals surface area (Å²) in [6, 6.07) is -0.436. The maximum atomic E-state index is 11.5. The van der Waals surface area contributed by atoms with Gasteiger partial charge in [0.25, 0.3) is 0 Å². The normalized spacial score (nSPS) is 16.9. The van der Waals surface area contributed by atoms with E-state index in [1.54, 1.807) is 0 Å².